The zero-order valence-corrected chi connectivity index (χ0v) is 13.0. The molecule has 1 atom stereocenters. The number of aliphatic carboxylic acids is 1. The average molecular weight is 314 g/mol. The van der Waals surface area contributed by atoms with Crippen LogP contribution in [0.1, 0.15) is 41.7 Å². The molecule has 6 nitrogen and oxygen atoms in total. The second-order valence-corrected chi connectivity index (χ2v) is 5.79. The van der Waals surface area contributed by atoms with Gasteiger partial charge in [0.2, 0.25) is 0 Å². The van der Waals surface area contributed by atoms with Crippen molar-refractivity contribution in [1.29, 1.82) is 0 Å². The summed E-state index contributed by atoms with van der Waals surface area (Å²) in [7, 11) is 1.55. The summed E-state index contributed by atoms with van der Waals surface area (Å²) in [4.78, 5) is 28.1. The lowest BCUT2D eigenvalue weighted by molar-refractivity contribution is -0.138. The van der Waals surface area contributed by atoms with Crippen LogP contribution < -0.4 is 10.1 Å². The number of carbonyl (C=O) groups excluding carboxylic acids is 1. The summed E-state index contributed by atoms with van der Waals surface area (Å²) in [5.74, 6) is -0.470. The fourth-order valence-electron chi connectivity index (χ4n) is 2.46. The smallest absolute Gasteiger partial charge is 0.325 e. The molecule has 1 aliphatic rings. The first-order valence-corrected chi connectivity index (χ1v) is 7.52. The van der Waals surface area contributed by atoms with Crippen LogP contribution in [0.5, 0.6) is 5.75 Å². The van der Waals surface area contributed by atoms with Crippen LogP contribution >= 0.6 is 0 Å². The SMILES string of the molecule is COc1ccc2nc(C3CC3)cc(C(=O)NC(C)C(=O)O)c2c1. The fourth-order valence-corrected chi connectivity index (χ4v) is 2.46. The minimum absolute atomic E-state index is 0.393. The maximum Gasteiger partial charge on any atom is 0.325 e. The molecule has 1 aromatic heterocycles. The lowest BCUT2D eigenvalue weighted by atomic mass is 10.0. The number of carboxylic acids is 1. The number of rotatable bonds is 5. The molecule has 1 aromatic carbocycles. The highest BCUT2D eigenvalue weighted by Crippen LogP contribution is 2.40. The number of hydrogen-bond acceptors (Lipinski definition) is 4. The molecule has 0 radical (unpaired) electrons. The maximum atomic E-state index is 12.5. The second kappa shape index (κ2) is 5.87. The summed E-state index contributed by atoms with van der Waals surface area (Å²) in [6, 6.07) is 6.17. The Balaban J connectivity index is 2.07. The van der Waals surface area contributed by atoms with Crippen LogP contribution in [0.3, 0.4) is 0 Å². The first-order chi connectivity index (χ1) is 11.0. The monoisotopic (exact) mass is 314 g/mol. The van der Waals surface area contributed by atoms with Crippen molar-refractivity contribution < 1.29 is 19.4 Å². The van der Waals surface area contributed by atoms with Gasteiger partial charge in [0.15, 0.2) is 0 Å². The topological polar surface area (TPSA) is 88.5 Å². The number of aromatic nitrogens is 1. The number of carbonyl (C=O) groups is 2. The molecule has 23 heavy (non-hydrogen) atoms. The van der Waals surface area contributed by atoms with Crippen LogP contribution in [0, 0.1) is 0 Å². The average Bonchev–Trinajstić information content (AvgIpc) is 3.37. The van der Waals surface area contributed by atoms with Gasteiger partial charge in [0.05, 0.1) is 18.2 Å². The summed E-state index contributed by atoms with van der Waals surface area (Å²) in [6.07, 6.45) is 2.14. The molecule has 2 N–H and O–H groups in total. The van der Waals surface area contributed by atoms with E-state index in [1.807, 2.05) is 6.07 Å². The lowest BCUT2D eigenvalue weighted by Crippen LogP contribution is -2.38. The minimum atomic E-state index is -1.07. The summed E-state index contributed by atoms with van der Waals surface area (Å²) in [5, 5.41) is 12.1. The Kier molecular flexibility index (Phi) is 3.90. The Labute approximate surface area is 133 Å². The van der Waals surface area contributed by atoms with Gasteiger partial charge < -0.3 is 15.2 Å². The van der Waals surface area contributed by atoms with E-state index in [1.54, 1.807) is 25.3 Å². The van der Waals surface area contributed by atoms with Crippen molar-refractivity contribution in [3.8, 4) is 5.75 Å². The van der Waals surface area contributed by atoms with Crippen molar-refractivity contribution in [2.45, 2.75) is 31.7 Å². The molecule has 6 heteroatoms. The Hall–Kier alpha value is -2.63. The zero-order chi connectivity index (χ0) is 16.6. The molecule has 1 saturated carbocycles. The van der Waals surface area contributed by atoms with E-state index in [0.29, 0.717) is 28.1 Å². The van der Waals surface area contributed by atoms with Gasteiger partial charge in [-0.25, -0.2) is 0 Å². The number of benzene rings is 1. The van der Waals surface area contributed by atoms with Crippen LogP contribution in [0.15, 0.2) is 24.3 Å². The van der Waals surface area contributed by atoms with E-state index in [2.05, 4.69) is 10.3 Å². The van der Waals surface area contributed by atoms with Gasteiger partial charge in [-0.3, -0.25) is 14.6 Å². The number of nitrogens with zero attached hydrogens (tertiary/aromatic N) is 1. The van der Waals surface area contributed by atoms with E-state index < -0.39 is 17.9 Å². The Morgan fingerprint density at radius 1 is 1.35 bits per heavy atom. The molecule has 0 saturated heterocycles. The Morgan fingerprint density at radius 2 is 2.09 bits per heavy atom. The van der Waals surface area contributed by atoms with E-state index >= 15 is 0 Å². The maximum absolute atomic E-state index is 12.5. The molecular formula is C17H18N2O4. The predicted molar refractivity (Wildman–Crippen MR) is 84.8 cm³/mol. The number of carboxylic acid groups (broad SMARTS) is 1. The molecule has 2 aromatic rings. The molecule has 3 rings (SSSR count). The molecule has 0 spiro atoms. The van der Waals surface area contributed by atoms with E-state index in [-0.39, 0.29) is 0 Å². The molecule has 0 bridgehead atoms. The van der Waals surface area contributed by atoms with Crippen molar-refractivity contribution in [2.75, 3.05) is 7.11 Å². The van der Waals surface area contributed by atoms with Gasteiger partial charge >= 0.3 is 5.97 Å². The van der Waals surface area contributed by atoms with Gasteiger partial charge in [-0.15, -0.1) is 0 Å². The van der Waals surface area contributed by atoms with Crippen molar-refractivity contribution in [1.82, 2.24) is 10.3 Å². The van der Waals surface area contributed by atoms with Crippen molar-refractivity contribution in [2.24, 2.45) is 0 Å². The number of fused-ring (bicyclic) bond motifs is 1. The molecule has 1 fully saturated rings. The zero-order valence-electron chi connectivity index (χ0n) is 13.0. The van der Waals surface area contributed by atoms with Gasteiger partial charge in [0, 0.05) is 17.0 Å². The van der Waals surface area contributed by atoms with Gasteiger partial charge in [-0.05, 0) is 44.0 Å². The normalized spacial score (nSPS) is 15.2. The van der Waals surface area contributed by atoms with Crippen LogP contribution in [0.25, 0.3) is 10.9 Å². The molecule has 1 aliphatic carbocycles. The van der Waals surface area contributed by atoms with Crippen molar-refractivity contribution in [3.05, 3.63) is 35.5 Å². The molecule has 1 amide bonds. The van der Waals surface area contributed by atoms with Crippen LogP contribution in [-0.4, -0.2) is 35.1 Å². The molecular weight excluding hydrogens is 296 g/mol. The minimum Gasteiger partial charge on any atom is -0.497 e. The third-order valence-electron chi connectivity index (χ3n) is 3.99. The molecule has 1 unspecified atom stereocenters. The van der Waals surface area contributed by atoms with Crippen molar-refractivity contribution >= 4 is 22.8 Å². The summed E-state index contributed by atoms with van der Waals surface area (Å²) in [5.41, 5.74) is 2.03. The Bertz CT molecular complexity index is 784. The van der Waals surface area contributed by atoms with Gasteiger partial charge in [-0.2, -0.15) is 0 Å². The van der Waals surface area contributed by atoms with Gasteiger partial charge in [0.25, 0.3) is 5.91 Å². The highest BCUT2D eigenvalue weighted by molar-refractivity contribution is 6.07. The quantitative estimate of drug-likeness (QED) is 0.884. The number of ether oxygens (including phenoxy) is 1. The number of pyridine rings is 1. The highest BCUT2D eigenvalue weighted by Gasteiger charge is 2.27. The third-order valence-corrected chi connectivity index (χ3v) is 3.99. The molecule has 120 valence electrons. The van der Waals surface area contributed by atoms with Crippen LogP contribution in [0.2, 0.25) is 0 Å². The summed E-state index contributed by atoms with van der Waals surface area (Å²) in [6.45, 7) is 1.44. The Morgan fingerprint density at radius 3 is 2.70 bits per heavy atom. The number of amides is 1. The number of hydrogen-bond donors (Lipinski definition) is 2. The van der Waals surface area contributed by atoms with E-state index in [1.165, 1.54) is 6.92 Å². The number of methoxy groups -OCH3 is 1. The van der Waals surface area contributed by atoms with Gasteiger partial charge in [0.1, 0.15) is 11.8 Å². The second-order valence-electron chi connectivity index (χ2n) is 5.79. The third kappa shape index (κ3) is 3.11. The summed E-state index contributed by atoms with van der Waals surface area (Å²) < 4.78 is 5.21. The molecule has 0 aliphatic heterocycles. The lowest BCUT2D eigenvalue weighted by Gasteiger charge is -2.13. The first kappa shape index (κ1) is 15.3. The van der Waals surface area contributed by atoms with Gasteiger partial charge in [-0.1, -0.05) is 0 Å². The highest BCUT2D eigenvalue weighted by atomic mass is 16.5. The van der Waals surface area contributed by atoms with Crippen LogP contribution in [0.4, 0.5) is 0 Å². The first-order valence-electron chi connectivity index (χ1n) is 7.52. The van der Waals surface area contributed by atoms with E-state index in [9.17, 15) is 9.59 Å². The van der Waals surface area contributed by atoms with Crippen molar-refractivity contribution in [3.63, 3.8) is 0 Å². The largest absolute Gasteiger partial charge is 0.497 e. The predicted octanol–water partition coefficient (Wildman–Crippen LogP) is 2.32. The number of nitrogens with one attached hydrogen (secondary N) is 1. The van der Waals surface area contributed by atoms with Crippen LogP contribution in [-0.2, 0) is 4.79 Å². The standard InChI is InChI=1S/C17H18N2O4/c1-9(17(21)22)18-16(20)13-8-15(10-3-4-10)19-14-6-5-11(23-2)7-12(13)14/h5-10H,3-4H2,1-2H3,(H,18,20)(H,21,22). The van der Waals surface area contributed by atoms with E-state index in [4.69, 9.17) is 9.84 Å². The summed E-state index contributed by atoms with van der Waals surface area (Å²) >= 11 is 0. The molecule has 1 heterocycles. The van der Waals surface area contributed by atoms with E-state index in [0.717, 1.165) is 18.5 Å². The fraction of sp³-hybridized carbons (Fsp3) is 0.353.